The number of hydrogen-bond donors (Lipinski definition) is 0. The van der Waals surface area contributed by atoms with Gasteiger partial charge in [0.2, 0.25) is 11.7 Å². The van der Waals surface area contributed by atoms with Crippen molar-refractivity contribution in [3.8, 4) is 11.4 Å². The van der Waals surface area contributed by atoms with Crippen molar-refractivity contribution in [2.24, 2.45) is 0 Å². The Labute approximate surface area is 171 Å². The van der Waals surface area contributed by atoms with Crippen molar-refractivity contribution < 1.29 is 9.32 Å². The van der Waals surface area contributed by atoms with Crippen molar-refractivity contribution in [3.05, 3.63) is 71.1 Å². The molecule has 5 nitrogen and oxygen atoms in total. The molecule has 0 saturated carbocycles. The number of piperidine rings is 1. The number of nitrogens with zero attached hydrogens (tertiary/aromatic N) is 3. The lowest BCUT2D eigenvalue weighted by molar-refractivity contribution is 0.0695. The van der Waals surface area contributed by atoms with Crippen molar-refractivity contribution in [1.29, 1.82) is 0 Å². The highest BCUT2D eigenvalue weighted by atomic mass is 16.5. The van der Waals surface area contributed by atoms with Crippen LogP contribution in [0, 0.1) is 6.92 Å². The third kappa shape index (κ3) is 4.24. The maximum absolute atomic E-state index is 12.9. The zero-order chi connectivity index (χ0) is 20.4. The number of aryl methyl sites for hydroxylation is 1. The number of amides is 1. The van der Waals surface area contributed by atoms with Gasteiger partial charge in [-0.15, -0.1) is 0 Å². The minimum absolute atomic E-state index is 0.0717. The summed E-state index contributed by atoms with van der Waals surface area (Å²) in [6, 6.07) is 16.1. The fraction of sp³-hybridized carbons (Fsp3) is 0.375. The van der Waals surface area contributed by atoms with E-state index in [2.05, 4.69) is 36.1 Å². The van der Waals surface area contributed by atoms with Gasteiger partial charge in [0.25, 0.3) is 5.91 Å². The summed E-state index contributed by atoms with van der Waals surface area (Å²) in [5, 5.41) is 4.19. The molecule has 4 rings (SSSR count). The molecule has 0 N–H and O–H groups in total. The smallest absolute Gasteiger partial charge is 0.253 e. The molecule has 0 aliphatic carbocycles. The van der Waals surface area contributed by atoms with Gasteiger partial charge in [-0.1, -0.05) is 61.0 Å². The predicted octanol–water partition coefficient (Wildman–Crippen LogP) is 5.19. The van der Waals surface area contributed by atoms with Crippen molar-refractivity contribution in [1.82, 2.24) is 15.0 Å². The van der Waals surface area contributed by atoms with Crippen LogP contribution < -0.4 is 0 Å². The normalized spacial score (nSPS) is 17.0. The predicted molar refractivity (Wildman–Crippen MR) is 113 cm³/mol. The number of likely N-dealkylation sites (tertiary alicyclic amines) is 1. The molecule has 1 amide bonds. The maximum Gasteiger partial charge on any atom is 0.253 e. The topological polar surface area (TPSA) is 59.2 Å². The summed E-state index contributed by atoms with van der Waals surface area (Å²) in [7, 11) is 0. The van der Waals surface area contributed by atoms with E-state index in [1.165, 1.54) is 5.56 Å². The highest BCUT2D eigenvalue weighted by Gasteiger charge is 2.29. The monoisotopic (exact) mass is 389 g/mol. The van der Waals surface area contributed by atoms with Crippen LogP contribution in [-0.4, -0.2) is 34.0 Å². The molecule has 5 heteroatoms. The van der Waals surface area contributed by atoms with Crippen LogP contribution >= 0.6 is 0 Å². The molecule has 0 bridgehead atoms. The average Bonchev–Trinajstić information content (AvgIpc) is 3.24. The SMILES string of the molecule is Cc1cccc(C(=O)N2CCC[C@H](c3nc(-c4ccc(C(C)C)cc4)no3)C2)c1. The molecule has 1 aliphatic heterocycles. The molecule has 0 spiro atoms. The van der Waals surface area contributed by atoms with Gasteiger partial charge in [-0.25, -0.2) is 0 Å². The first-order valence-corrected chi connectivity index (χ1v) is 10.3. The second-order valence-corrected chi connectivity index (χ2v) is 8.19. The van der Waals surface area contributed by atoms with E-state index in [0.717, 1.165) is 36.1 Å². The van der Waals surface area contributed by atoms with Gasteiger partial charge in [0.1, 0.15) is 0 Å². The first-order valence-electron chi connectivity index (χ1n) is 10.3. The van der Waals surface area contributed by atoms with Gasteiger partial charge < -0.3 is 9.42 Å². The van der Waals surface area contributed by atoms with E-state index in [4.69, 9.17) is 4.52 Å². The summed E-state index contributed by atoms with van der Waals surface area (Å²) in [6.07, 6.45) is 1.88. The molecule has 1 saturated heterocycles. The van der Waals surface area contributed by atoms with Crippen LogP contribution in [0.3, 0.4) is 0 Å². The molecule has 29 heavy (non-hydrogen) atoms. The number of aromatic nitrogens is 2. The van der Waals surface area contributed by atoms with Crippen molar-refractivity contribution in [3.63, 3.8) is 0 Å². The molecule has 1 aliphatic rings. The van der Waals surface area contributed by atoms with Gasteiger partial charge in [0, 0.05) is 24.2 Å². The number of carbonyl (C=O) groups excluding carboxylic acids is 1. The highest BCUT2D eigenvalue weighted by Crippen LogP contribution is 2.29. The second kappa shape index (κ2) is 8.19. The van der Waals surface area contributed by atoms with Crippen LogP contribution in [0.5, 0.6) is 0 Å². The Kier molecular flexibility index (Phi) is 5.47. The van der Waals surface area contributed by atoms with Gasteiger partial charge in [0.05, 0.1) is 5.92 Å². The summed E-state index contributed by atoms with van der Waals surface area (Å²) in [5.41, 5.74) is 4.07. The molecular formula is C24H27N3O2. The van der Waals surface area contributed by atoms with E-state index in [-0.39, 0.29) is 11.8 Å². The van der Waals surface area contributed by atoms with Crippen molar-refractivity contribution >= 4 is 5.91 Å². The Bertz CT molecular complexity index is 991. The van der Waals surface area contributed by atoms with E-state index >= 15 is 0 Å². The van der Waals surface area contributed by atoms with Gasteiger partial charge >= 0.3 is 0 Å². The Hall–Kier alpha value is -2.95. The summed E-state index contributed by atoms with van der Waals surface area (Å²) in [4.78, 5) is 19.5. The maximum atomic E-state index is 12.9. The molecule has 1 atom stereocenters. The minimum atomic E-state index is 0.0717. The standard InChI is InChI=1S/C24H27N3O2/c1-16(2)18-9-11-19(12-10-18)22-25-23(29-26-22)21-8-5-13-27(15-21)24(28)20-7-4-6-17(3)14-20/h4,6-7,9-12,14,16,21H,5,8,13,15H2,1-3H3/t21-/m0/s1. The molecule has 3 aromatic rings. The molecule has 2 heterocycles. The van der Waals surface area contributed by atoms with Crippen LogP contribution in [0.25, 0.3) is 11.4 Å². The Balaban J connectivity index is 1.48. The number of hydrogen-bond acceptors (Lipinski definition) is 4. The van der Waals surface area contributed by atoms with E-state index < -0.39 is 0 Å². The lowest BCUT2D eigenvalue weighted by Crippen LogP contribution is -2.39. The Morgan fingerprint density at radius 3 is 2.69 bits per heavy atom. The summed E-state index contributed by atoms with van der Waals surface area (Å²) in [6.45, 7) is 7.73. The van der Waals surface area contributed by atoms with E-state index in [1.807, 2.05) is 48.2 Å². The highest BCUT2D eigenvalue weighted by molar-refractivity contribution is 5.94. The number of carbonyl (C=O) groups is 1. The van der Waals surface area contributed by atoms with Gasteiger partial charge in [-0.2, -0.15) is 4.98 Å². The Morgan fingerprint density at radius 2 is 1.97 bits per heavy atom. The summed E-state index contributed by atoms with van der Waals surface area (Å²) < 4.78 is 5.59. The zero-order valence-corrected chi connectivity index (χ0v) is 17.3. The zero-order valence-electron chi connectivity index (χ0n) is 17.3. The average molecular weight is 389 g/mol. The van der Waals surface area contributed by atoms with Crippen LogP contribution in [0.2, 0.25) is 0 Å². The van der Waals surface area contributed by atoms with E-state index in [1.54, 1.807) is 0 Å². The first-order chi connectivity index (χ1) is 14.0. The number of rotatable bonds is 4. The van der Waals surface area contributed by atoms with Crippen LogP contribution in [0.15, 0.2) is 53.1 Å². The van der Waals surface area contributed by atoms with Crippen LogP contribution in [0.4, 0.5) is 0 Å². The lowest BCUT2D eigenvalue weighted by atomic mass is 9.97. The third-order valence-corrected chi connectivity index (χ3v) is 5.60. The van der Waals surface area contributed by atoms with Crippen LogP contribution in [-0.2, 0) is 0 Å². The van der Waals surface area contributed by atoms with Gasteiger partial charge in [-0.05, 0) is 43.4 Å². The molecule has 1 fully saturated rings. The molecule has 0 radical (unpaired) electrons. The third-order valence-electron chi connectivity index (χ3n) is 5.60. The van der Waals surface area contributed by atoms with E-state index in [0.29, 0.717) is 24.2 Å². The largest absolute Gasteiger partial charge is 0.339 e. The molecule has 0 unspecified atom stereocenters. The quantitative estimate of drug-likeness (QED) is 0.616. The number of benzene rings is 2. The minimum Gasteiger partial charge on any atom is -0.339 e. The second-order valence-electron chi connectivity index (χ2n) is 8.19. The van der Waals surface area contributed by atoms with Gasteiger partial charge in [0.15, 0.2) is 0 Å². The first kappa shape index (κ1) is 19.4. The lowest BCUT2D eigenvalue weighted by Gasteiger charge is -2.31. The molecular weight excluding hydrogens is 362 g/mol. The van der Waals surface area contributed by atoms with Crippen molar-refractivity contribution in [2.75, 3.05) is 13.1 Å². The van der Waals surface area contributed by atoms with E-state index in [9.17, 15) is 4.79 Å². The van der Waals surface area contributed by atoms with Gasteiger partial charge in [-0.3, -0.25) is 4.79 Å². The fourth-order valence-electron chi connectivity index (χ4n) is 3.86. The summed E-state index contributed by atoms with van der Waals surface area (Å²) >= 11 is 0. The van der Waals surface area contributed by atoms with Crippen LogP contribution in [0.1, 0.15) is 65.9 Å². The molecule has 2 aromatic carbocycles. The summed E-state index contributed by atoms with van der Waals surface area (Å²) in [5.74, 6) is 1.87. The fourth-order valence-corrected chi connectivity index (χ4v) is 3.86. The van der Waals surface area contributed by atoms with Crippen molar-refractivity contribution in [2.45, 2.75) is 45.4 Å². The Morgan fingerprint density at radius 1 is 1.17 bits per heavy atom. The molecule has 1 aromatic heterocycles. The molecule has 150 valence electrons.